The lowest BCUT2D eigenvalue weighted by atomic mass is 10.2. The molecule has 0 aliphatic carbocycles. The fourth-order valence-corrected chi connectivity index (χ4v) is 5.10. The van der Waals surface area contributed by atoms with Crippen molar-refractivity contribution in [1.82, 2.24) is 19.9 Å². The lowest BCUT2D eigenvalue weighted by Crippen LogP contribution is -2.50. The van der Waals surface area contributed by atoms with Gasteiger partial charge in [0, 0.05) is 48.1 Å². The molecule has 0 unspecified atom stereocenters. The number of piperazine rings is 1. The Kier molecular flexibility index (Phi) is 4.57. The molecule has 0 atom stereocenters. The van der Waals surface area contributed by atoms with Gasteiger partial charge in [-0.3, -0.25) is 0 Å². The topological polar surface area (TPSA) is 74.2 Å². The van der Waals surface area contributed by atoms with E-state index in [0.717, 1.165) is 56.1 Å². The number of carbonyl (C=O) groups excluding carboxylic acids is 1. The van der Waals surface area contributed by atoms with Gasteiger partial charge in [0.1, 0.15) is 16.2 Å². The zero-order valence-electron chi connectivity index (χ0n) is 17.2. The zero-order chi connectivity index (χ0) is 21.5. The number of rotatable bonds is 2. The van der Waals surface area contributed by atoms with Crippen LogP contribution in [0.1, 0.15) is 0 Å². The van der Waals surface area contributed by atoms with Crippen molar-refractivity contribution < 1.29 is 4.79 Å². The molecule has 1 N–H and O–H groups in total. The highest BCUT2D eigenvalue weighted by Crippen LogP contribution is 2.34. The standard InChI is InChI=1S/C24H20N6OS/c31-24(30-13-11-29(12-14-30)21-7-3-4-10-25-21)26-16-8-9-20-17(15-16)22-23(32-20)28-19-6-2-1-5-18(19)27-22/h1-10,15H,11-14H2,(H,26,31). The van der Waals surface area contributed by atoms with Crippen molar-refractivity contribution in [1.29, 1.82) is 0 Å². The van der Waals surface area contributed by atoms with E-state index in [0.29, 0.717) is 13.1 Å². The van der Waals surface area contributed by atoms with Crippen LogP contribution >= 0.6 is 11.3 Å². The Hall–Kier alpha value is -3.78. The molecule has 0 spiro atoms. The van der Waals surface area contributed by atoms with E-state index in [1.54, 1.807) is 17.5 Å². The van der Waals surface area contributed by atoms with Gasteiger partial charge in [-0.2, -0.15) is 0 Å². The summed E-state index contributed by atoms with van der Waals surface area (Å²) in [4.78, 5) is 31.8. The number of amides is 2. The lowest BCUT2D eigenvalue weighted by molar-refractivity contribution is 0.208. The van der Waals surface area contributed by atoms with Gasteiger partial charge in [0.05, 0.1) is 11.0 Å². The smallest absolute Gasteiger partial charge is 0.321 e. The normalized spacial score (nSPS) is 14.4. The third-order valence-electron chi connectivity index (χ3n) is 5.77. The van der Waals surface area contributed by atoms with Crippen molar-refractivity contribution in [2.24, 2.45) is 0 Å². The van der Waals surface area contributed by atoms with E-state index in [2.05, 4.69) is 15.2 Å². The number of thiophene rings is 1. The minimum atomic E-state index is -0.0823. The van der Waals surface area contributed by atoms with Crippen molar-refractivity contribution >= 4 is 60.3 Å². The summed E-state index contributed by atoms with van der Waals surface area (Å²) in [6, 6.07) is 19.7. The average molecular weight is 441 g/mol. The molecule has 32 heavy (non-hydrogen) atoms. The summed E-state index contributed by atoms with van der Waals surface area (Å²) in [6.07, 6.45) is 1.80. The summed E-state index contributed by atoms with van der Waals surface area (Å²) in [5, 5.41) is 4.07. The molecule has 0 radical (unpaired) electrons. The minimum Gasteiger partial charge on any atom is -0.353 e. The zero-order valence-corrected chi connectivity index (χ0v) is 18.0. The van der Waals surface area contributed by atoms with Gasteiger partial charge >= 0.3 is 6.03 Å². The molecule has 2 aromatic carbocycles. The van der Waals surface area contributed by atoms with E-state index in [1.807, 2.05) is 65.6 Å². The van der Waals surface area contributed by atoms with E-state index < -0.39 is 0 Å². The monoisotopic (exact) mass is 440 g/mol. The molecule has 0 saturated carbocycles. The molecule has 158 valence electrons. The molecule has 7 nitrogen and oxygen atoms in total. The maximum atomic E-state index is 12.9. The summed E-state index contributed by atoms with van der Waals surface area (Å²) in [5.41, 5.74) is 3.41. The van der Waals surface area contributed by atoms with Crippen molar-refractivity contribution in [3.8, 4) is 0 Å². The Balaban J connectivity index is 1.21. The summed E-state index contributed by atoms with van der Waals surface area (Å²) < 4.78 is 1.11. The predicted octanol–water partition coefficient (Wildman–Crippen LogP) is 4.75. The third kappa shape index (κ3) is 3.38. The first-order valence-corrected chi connectivity index (χ1v) is 11.4. The fraction of sp³-hybridized carbons (Fsp3) is 0.167. The number of urea groups is 1. The second kappa shape index (κ2) is 7.72. The Morgan fingerprint density at radius 1 is 0.906 bits per heavy atom. The Bertz CT molecular complexity index is 1440. The fourth-order valence-electron chi connectivity index (χ4n) is 4.10. The van der Waals surface area contributed by atoms with Crippen LogP contribution in [0.4, 0.5) is 16.3 Å². The van der Waals surface area contributed by atoms with Gasteiger partial charge in [-0.25, -0.2) is 19.7 Å². The molecule has 3 aromatic heterocycles. The van der Waals surface area contributed by atoms with Crippen LogP contribution in [0.3, 0.4) is 0 Å². The quantitative estimate of drug-likeness (QED) is 0.429. The first-order valence-electron chi connectivity index (χ1n) is 10.6. The summed E-state index contributed by atoms with van der Waals surface area (Å²) in [6.45, 7) is 2.84. The number of aromatic nitrogens is 3. The number of pyridine rings is 1. The Morgan fingerprint density at radius 3 is 2.47 bits per heavy atom. The van der Waals surface area contributed by atoms with Crippen LogP contribution < -0.4 is 10.2 Å². The highest BCUT2D eigenvalue weighted by molar-refractivity contribution is 7.25. The number of fused-ring (bicyclic) bond motifs is 4. The first kappa shape index (κ1) is 18.9. The maximum Gasteiger partial charge on any atom is 0.321 e. The highest BCUT2D eigenvalue weighted by atomic mass is 32.1. The molecule has 8 heteroatoms. The number of para-hydroxylation sites is 2. The minimum absolute atomic E-state index is 0.0823. The van der Waals surface area contributed by atoms with Gasteiger partial charge < -0.3 is 15.1 Å². The molecule has 6 rings (SSSR count). The summed E-state index contributed by atoms with van der Waals surface area (Å²) >= 11 is 1.62. The first-order chi connectivity index (χ1) is 15.7. The van der Waals surface area contributed by atoms with Crippen LogP contribution in [-0.4, -0.2) is 52.1 Å². The lowest BCUT2D eigenvalue weighted by Gasteiger charge is -2.35. The van der Waals surface area contributed by atoms with Crippen molar-refractivity contribution in [3.63, 3.8) is 0 Å². The molecular formula is C24H20N6OS. The summed E-state index contributed by atoms with van der Waals surface area (Å²) in [5.74, 6) is 0.955. The number of hydrogen-bond donors (Lipinski definition) is 1. The molecule has 1 aliphatic heterocycles. The second-order valence-electron chi connectivity index (χ2n) is 7.77. The number of benzene rings is 2. The number of nitrogens with one attached hydrogen (secondary N) is 1. The Labute approximate surface area is 188 Å². The average Bonchev–Trinajstić information content (AvgIpc) is 3.20. The summed E-state index contributed by atoms with van der Waals surface area (Å²) in [7, 11) is 0. The highest BCUT2D eigenvalue weighted by Gasteiger charge is 2.22. The number of nitrogens with zero attached hydrogens (tertiary/aromatic N) is 5. The van der Waals surface area contributed by atoms with Crippen LogP contribution in [0.15, 0.2) is 66.9 Å². The van der Waals surface area contributed by atoms with Crippen molar-refractivity contribution in [3.05, 3.63) is 66.9 Å². The molecule has 1 fully saturated rings. The van der Waals surface area contributed by atoms with Gasteiger partial charge in [0.2, 0.25) is 0 Å². The van der Waals surface area contributed by atoms with Gasteiger partial charge in [0.15, 0.2) is 0 Å². The number of carbonyl (C=O) groups is 1. The number of anilines is 2. The molecule has 5 aromatic rings. The second-order valence-corrected chi connectivity index (χ2v) is 8.80. The van der Waals surface area contributed by atoms with E-state index in [-0.39, 0.29) is 6.03 Å². The molecular weight excluding hydrogens is 420 g/mol. The van der Waals surface area contributed by atoms with E-state index in [9.17, 15) is 4.79 Å². The van der Waals surface area contributed by atoms with Crippen molar-refractivity contribution in [2.45, 2.75) is 0 Å². The van der Waals surface area contributed by atoms with Crippen LogP contribution in [0.25, 0.3) is 31.5 Å². The molecule has 0 bridgehead atoms. The largest absolute Gasteiger partial charge is 0.353 e. The van der Waals surface area contributed by atoms with E-state index >= 15 is 0 Å². The number of hydrogen-bond acceptors (Lipinski definition) is 6. The van der Waals surface area contributed by atoms with E-state index in [1.165, 1.54) is 0 Å². The van der Waals surface area contributed by atoms with E-state index in [4.69, 9.17) is 9.97 Å². The van der Waals surface area contributed by atoms with Crippen LogP contribution in [0.2, 0.25) is 0 Å². The molecule has 4 heterocycles. The molecule has 1 saturated heterocycles. The third-order valence-corrected chi connectivity index (χ3v) is 6.83. The Morgan fingerprint density at radius 2 is 1.69 bits per heavy atom. The molecule has 1 aliphatic rings. The predicted molar refractivity (Wildman–Crippen MR) is 129 cm³/mol. The van der Waals surface area contributed by atoms with Crippen LogP contribution in [0.5, 0.6) is 0 Å². The van der Waals surface area contributed by atoms with Crippen molar-refractivity contribution in [2.75, 3.05) is 36.4 Å². The van der Waals surface area contributed by atoms with Gasteiger partial charge in [-0.15, -0.1) is 11.3 Å². The SMILES string of the molecule is O=C(Nc1ccc2sc3nc4ccccc4nc3c2c1)N1CCN(c2ccccn2)CC1. The van der Waals surface area contributed by atoms with Crippen LogP contribution in [-0.2, 0) is 0 Å². The van der Waals surface area contributed by atoms with Gasteiger partial charge in [-0.05, 0) is 42.5 Å². The van der Waals surface area contributed by atoms with Gasteiger partial charge in [0.25, 0.3) is 0 Å². The van der Waals surface area contributed by atoms with Crippen LogP contribution in [0, 0.1) is 0 Å². The van der Waals surface area contributed by atoms with Gasteiger partial charge in [-0.1, -0.05) is 18.2 Å². The molecule has 2 amide bonds. The maximum absolute atomic E-state index is 12.9.